The Hall–Kier alpha value is -1.68. The minimum absolute atomic E-state index is 0.155. The van der Waals surface area contributed by atoms with Gasteiger partial charge in [0.15, 0.2) is 0 Å². The van der Waals surface area contributed by atoms with Crippen LogP contribution in [0.5, 0.6) is 0 Å². The molecule has 0 amide bonds. The summed E-state index contributed by atoms with van der Waals surface area (Å²) in [5, 5.41) is 3.27. The van der Waals surface area contributed by atoms with E-state index < -0.39 is 0 Å². The Balaban J connectivity index is 1.85. The van der Waals surface area contributed by atoms with Crippen molar-refractivity contribution in [1.29, 1.82) is 0 Å². The van der Waals surface area contributed by atoms with Crippen LogP contribution in [0.4, 0.5) is 4.39 Å². The van der Waals surface area contributed by atoms with E-state index in [9.17, 15) is 4.39 Å². The summed E-state index contributed by atoms with van der Waals surface area (Å²) in [7, 11) is 0. The number of nitrogens with zero attached hydrogens (tertiary/aromatic N) is 1. The lowest BCUT2D eigenvalue weighted by atomic mass is 10.1. The van der Waals surface area contributed by atoms with Gasteiger partial charge in [-0.05, 0) is 31.9 Å². The van der Waals surface area contributed by atoms with E-state index in [2.05, 4.69) is 10.3 Å². The van der Waals surface area contributed by atoms with Gasteiger partial charge in [-0.1, -0.05) is 18.2 Å². The molecular formula is C14H17FN2O. The van der Waals surface area contributed by atoms with E-state index in [1.807, 2.05) is 26.0 Å². The van der Waals surface area contributed by atoms with Gasteiger partial charge in [0.1, 0.15) is 11.6 Å². The molecule has 1 unspecified atom stereocenters. The summed E-state index contributed by atoms with van der Waals surface area (Å²) < 4.78 is 18.8. The van der Waals surface area contributed by atoms with Gasteiger partial charge < -0.3 is 9.73 Å². The van der Waals surface area contributed by atoms with Crippen molar-refractivity contribution >= 4 is 0 Å². The van der Waals surface area contributed by atoms with Gasteiger partial charge in [-0.15, -0.1) is 0 Å². The van der Waals surface area contributed by atoms with Crippen LogP contribution in [-0.4, -0.2) is 11.0 Å². The molecule has 1 heterocycles. The van der Waals surface area contributed by atoms with E-state index in [0.717, 1.165) is 11.3 Å². The standard InChI is InChI=1S/C14H17FN2O/c1-10(7-12-5-3-4-6-13(12)15)16-9-14-17-8-11(2)18-14/h3-6,8,10,16H,7,9H2,1-2H3. The predicted octanol–water partition coefficient (Wildman–Crippen LogP) is 2.84. The number of halogens is 1. The number of hydrogen-bond donors (Lipinski definition) is 1. The topological polar surface area (TPSA) is 38.1 Å². The van der Waals surface area contributed by atoms with Crippen molar-refractivity contribution in [3.05, 3.63) is 53.5 Å². The van der Waals surface area contributed by atoms with Crippen molar-refractivity contribution < 1.29 is 8.81 Å². The molecule has 0 aliphatic rings. The van der Waals surface area contributed by atoms with Gasteiger partial charge in [0.2, 0.25) is 5.89 Å². The molecule has 0 fully saturated rings. The molecular weight excluding hydrogens is 231 g/mol. The Labute approximate surface area is 106 Å². The minimum atomic E-state index is -0.155. The van der Waals surface area contributed by atoms with Crippen LogP contribution in [0.1, 0.15) is 24.1 Å². The van der Waals surface area contributed by atoms with E-state index in [1.165, 1.54) is 6.07 Å². The molecule has 0 spiro atoms. The molecule has 3 nitrogen and oxygen atoms in total. The predicted molar refractivity (Wildman–Crippen MR) is 67.6 cm³/mol. The Morgan fingerprint density at radius 1 is 1.39 bits per heavy atom. The molecule has 1 N–H and O–H groups in total. The van der Waals surface area contributed by atoms with E-state index in [0.29, 0.717) is 18.9 Å². The quantitative estimate of drug-likeness (QED) is 0.884. The number of aromatic nitrogens is 1. The molecule has 0 aliphatic heterocycles. The number of oxazole rings is 1. The van der Waals surface area contributed by atoms with Crippen molar-refractivity contribution in [2.45, 2.75) is 32.9 Å². The molecule has 4 heteroatoms. The average molecular weight is 248 g/mol. The molecule has 1 atom stereocenters. The third-order valence-corrected chi connectivity index (χ3v) is 2.75. The number of aryl methyl sites for hydroxylation is 1. The summed E-state index contributed by atoms with van der Waals surface area (Å²) in [5.74, 6) is 1.31. The number of benzene rings is 1. The number of rotatable bonds is 5. The minimum Gasteiger partial charge on any atom is -0.445 e. The van der Waals surface area contributed by atoms with E-state index in [-0.39, 0.29) is 11.9 Å². The van der Waals surface area contributed by atoms with Gasteiger partial charge in [-0.3, -0.25) is 0 Å². The molecule has 18 heavy (non-hydrogen) atoms. The maximum atomic E-state index is 13.5. The zero-order valence-corrected chi connectivity index (χ0v) is 10.6. The molecule has 0 saturated carbocycles. The van der Waals surface area contributed by atoms with E-state index in [1.54, 1.807) is 12.3 Å². The van der Waals surface area contributed by atoms with Crippen molar-refractivity contribution in [1.82, 2.24) is 10.3 Å². The maximum absolute atomic E-state index is 13.5. The zero-order valence-electron chi connectivity index (χ0n) is 10.6. The third kappa shape index (κ3) is 3.40. The first kappa shape index (κ1) is 12.8. The first-order valence-electron chi connectivity index (χ1n) is 6.03. The second-order valence-corrected chi connectivity index (χ2v) is 4.44. The highest BCUT2D eigenvalue weighted by Gasteiger charge is 2.08. The Morgan fingerprint density at radius 3 is 2.83 bits per heavy atom. The van der Waals surface area contributed by atoms with Gasteiger partial charge in [-0.25, -0.2) is 9.37 Å². The van der Waals surface area contributed by atoms with Crippen molar-refractivity contribution in [3.8, 4) is 0 Å². The monoisotopic (exact) mass is 248 g/mol. The lowest BCUT2D eigenvalue weighted by Crippen LogP contribution is -2.28. The van der Waals surface area contributed by atoms with Gasteiger partial charge in [0, 0.05) is 6.04 Å². The highest BCUT2D eigenvalue weighted by atomic mass is 19.1. The molecule has 0 aliphatic carbocycles. The highest BCUT2D eigenvalue weighted by Crippen LogP contribution is 2.09. The van der Waals surface area contributed by atoms with Crippen LogP contribution in [0.15, 0.2) is 34.9 Å². The van der Waals surface area contributed by atoms with Crippen molar-refractivity contribution in [2.75, 3.05) is 0 Å². The largest absolute Gasteiger partial charge is 0.445 e. The normalized spacial score (nSPS) is 12.6. The molecule has 0 radical (unpaired) electrons. The summed E-state index contributed by atoms with van der Waals surface area (Å²) in [6, 6.07) is 7.01. The average Bonchev–Trinajstić information content (AvgIpc) is 2.76. The molecule has 2 aromatic rings. The zero-order chi connectivity index (χ0) is 13.0. The maximum Gasteiger partial charge on any atom is 0.208 e. The Morgan fingerprint density at radius 2 is 2.17 bits per heavy atom. The van der Waals surface area contributed by atoms with Crippen molar-refractivity contribution in [3.63, 3.8) is 0 Å². The lowest BCUT2D eigenvalue weighted by Gasteiger charge is -2.12. The second kappa shape index (κ2) is 5.78. The van der Waals surface area contributed by atoms with Crippen LogP contribution in [0, 0.1) is 12.7 Å². The van der Waals surface area contributed by atoms with Gasteiger partial charge in [-0.2, -0.15) is 0 Å². The smallest absolute Gasteiger partial charge is 0.208 e. The van der Waals surface area contributed by atoms with E-state index in [4.69, 9.17) is 4.42 Å². The van der Waals surface area contributed by atoms with Gasteiger partial charge in [0.05, 0.1) is 12.7 Å². The molecule has 0 bridgehead atoms. The Bertz CT molecular complexity index is 510. The van der Waals surface area contributed by atoms with Crippen LogP contribution in [0.2, 0.25) is 0 Å². The fraction of sp³-hybridized carbons (Fsp3) is 0.357. The van der Waals surface area contributed by atoms with Crippen molar-refractivity contribution in [2.24, 2.45) is 0 Å². The number of hydrogen-bond acceptors (Lipinski definition) is 3. The summed E-state index contributed by atoms with van der Waals surface area (Å²) in [5.41, 5.74) is 0.723. The molecule has 0 saturated heterocycles. The van der Waals surface area contributed by atoms with E-state index >= 15 is 0 Å². The summed E-state index contributed by atoms with van der Waals surface area (Å²) in [6.07, 6.45) is 2.34. The van der Waals surface area contributed by atoms with Gasteiger partial charge in [0.25, 0.3) is 0 Å². The fourth-order valence-corrected chi connectivity index (χ4v) is 1.81. The van der Waals surface area contributed by atoms with Crippen LogP contribution >= 0.6 is 0 Å². The Kier molecular flexibility index (Phi) is 4.10. The molecule has 1 aromatic carbocycles. The summed E-state index contributed by atoms with van der Waals surface area (Å²) >= 11 is 0. The molecule has 96 valence electrons. The summed E-state index contributed by atoms with van der Waals surface area (Å²) in [4.78, 5) is 4.11. The third-order valence-electron chi connectivity index (χ3n) is 2.75. The van der Waals surface area contributed by atoms with Gasteiger partial charge >= 0.3 is 0 Å². The van der Waals surface area contributed by atoms with Crippen LogP contribution < -0.4 is 5.32 Å². The summed E-state index contributed by atoms with van der Waals surface area (Å²) in [6.45, 7) is 4.44. The molecule has 1 aromatic heterocycles. The van der Waals surface area contributed by atoms with Crippen LogP contribution in [0.3, 0.4) is 0 Å². The molecule has 2 rings (SSSR count). The fourth-order valence-electron chi connectivity index (χ4n) is 1.81. The highest BCUT2D eigenvalue weighted by molar-refractivity contribution is 5.18. The van der Waals surface area contributed by atoms with Crippen LogP contribution in [-0.2, 0) is 13.0 Å². The SMILES string of the molecule is Cc1cnc(CNC(C)Cc2ccccc2F)o1. The first-order chi connectivity index (χ1) is 8.65. The lowest BCUT2D eigenvalue weighted by molar-refractivity contribution is 0.426. The second-order valence-electron chi connectivity index (χ2n) is 4.44. The van der Waals surface area contributed by atoms with Crippen LogP contribution in [0.25, 0.3) is 0 Å². The first-order valence-corrected chi connectivity index (χ1v) is 6.03. The number of nitrogens with one attached hydrogen (secondary N) is 1.